The van der Waals surface area contributed by atoms with Gasteiger partial charge in [-0.1, -0.05) is 6.07 Å². The highest BCUT2D eigenvalue weighted by Gasteiger charge is 2.28. The summed E-state index contributed by atoms with van der Waals surface area (Å²) in [6, 6.07) is 6.73. The van der Waals surface area contributed by atoms with Crippen LogP contribution < -0.4 is 5.32 Å². The Morgan fingerprint density at radius 2 is 1.79 bits per heavy atom. The van der Waals surface area contributed by atoms with Crippen LogP contribution in [0.4, 0.5) is 10.1 Å². The fourth-order valence-corrected chi connectivity index (χ4v) is 2.55. The van der Waals surface area contributed by atoms with Gasteiger partial charge in [0.25, 0.3) is 0 Å². The molecule has 0 aliphatic heterocycles. The fraction of sp³-hybridized carbons (Fsp3) is 0.625. The van der Waals surface area contributed by atoms with Gasteiger partial charge in [0.15, 0.2) is 0 Å². The number of rotatable bonds is 8. The third kappa shape index (κ3) is 4.50. The lowest BCUT2D eigenvalue weighted by Crippen LogP contribution is -2.32. The molecular weight excluding hydrogens is 239 g/mol. The van der Waals surface area contributed by atoms with Gasteiger partial charge in [-0.3, -0.25) is 0 Å². The Balaban J connectivity index is 1.42. The van der Waals surface area contributed by atoms with Crippen molar-refractivity contribution in [1.82, 2.24) is 4.90 Å². The molecule has 1 aromatic carbocycles. The van der Waals surface area contributed by atoms with E-state index in [1.807, 2.05) is 6.07 Å². The fourth-order valence-electron chi connectivity index (χ4n) is 2.55. The molecule has 1 aromatic rings. The average Bonchev–Trinajstić information content (AvgIpc) is 3.25. The Bertz CT molecular complexity index is 399. The summed E-state index contributed by atoms with van der Waals surface area (Å²) in [6.45, 7) is 4.51. The van der Waals surface area contributed by atoms with E-state index in [0.29, 0.717) is 0 Å². The van der Waals surface area contributed by atoms with Gasteiger partial charge in [-0.15, -0.1) is 0 Å². The summed E-state index contributed by atoms with van der Waals surface area (Å²) >= 11 is 0. The van der Waals surface area contributed by atoms with Gasteiger partial charge in [-0.25, -0.2) is 4.39 Å². The van der Waals surface area contributed by atoms with Crippen molar-refractivity contribution in [3.63, 3.8) is 0 Å². The van der Waals surface area contributed by atoms with Crippen molar-refractivity contribution in [3.05, 3.63) is 30.1 Å². The van der Waals surface area contributed by atoms with Gasteiger partial charge in [0, 0.05) is 31.9 Å². The summed E-state index contributed by atoms with van der Waals surface area (Å²) in [4.78, 5) is 2.60. The molecule has 19 heavy (non-hydrogen) atoms. The molecule has 2 aliphatic rings. The van der Waals surface area contributed by atoms with Crippen LogP contribution >= 0.6 is 0 Å². The number of hydrogen-bond donors (Lipinski definition) is 1. The van der Waals surface area contributed by atoms with Crippen molar-refractivity contribution >= 4 is 5.69 Å². The first-order chi connectivity index (χ1) is 9.29. The predicted octanol–water partition coefficient (Wildman–Crippen LogP) is 3.36. The molecule has 3 rings (SSSR count). The summed E-state index contributed by atoms with van der Waals surface area (Å²) in [6.07, 6.45) is 5.66. The Morgan fingerprint density at radius 1 is 1.11 bits per heavy atom. The van der Waals surface area contributed by atoms with Crippen molar-refractivity contribution in [2.24, 2.45) is 11.8 Å². The molecule has 0 heterocycles. The third-order valence-corrected chi connectivity index (χ3v) is 4.01. The smallest absolute Gasteiger partial charge is 0.125 e. The highest BCUT2D eigenvalue weighted by molar-refractivity contribution is 5.42. The molecule has 0 radical (unpaired) electrons. The maximum atomic E-state index is 13.1. The second kappa shape index (κ2) is 5.91. The van der Waals surface area contributed by atoms with Crippen molar-refractivity contribution in [2.45, 2.75) is 25.7 Å². The number of nitrogens with zero attached hydrogens (tertiary/aromatic N) is 1. The normalized spacial score (nSPS) is 18.8. The van der Waals surface area contributed by atoms with Crippen LogP contribution in [0.5, 0.6) is 0 Å². The van der Waals surface area contributed by atoms with Crippen LogP contribution in [0.2, 0.25) is 0 Å². The van der Waals surface area contributed by atoms with Crippen LogP contribution in [0.1, 0.15) is 25.7 Å². The Kier molecular flexibility index (Phi) is 4.02. The van der Waals surface area contributed by atoms with Crippen molar-refractivity contribution in [2.75, 3.05) is 31.5 Å². The highest BCUT2D eigenvalue weighted by Crippen LogP contribution is 2.33. The van der Waals surface area contributed by atoms with Gasteiger partial charge >= 0.3 is 0 Å². The van der Waals surface area contributed by atoms with Crippen molar-refractivity contribution < 1.29 is 4.39 Å². The van der Waals surface area contributed by atoms with E-state index in [0.717, 1.165) is 30.6 Å². The zero-order valence-corrected chi connectivity index (χ0v) is 11.4. The van der Waals surface area contributed by atoms with Gasteiger partial charge in [0.05, 0.1) is 0 Å². The Labute approximate surface area is 115 Å². The molecule has 104 valence electrons. The van der Waals surface area contributed by atoms with E-state index in [-0.39, 0.29) is 5.82 Å². The third-order valence-electron chi connectivity index (χ3n) is 4.01. The van der Waals surface area contributed by atoms with Crippen LogP contribution in [0.15, 0.2) is 24.3 Å². The first-order valence-corrected chi connectivity index (χ1v) is 7.51. The predicted molar refractivity (Wildman–Crippen MR) is 76.8 cm³/mol. The van der Waals surface area contributed by atoms with Crippen LogP contribution in [0, 0.1) is 17.7 Å². The minimum atomic E-state index is -0.169. The van der Waals surface area contributed by atoms with Crippen molar-refractivity contribution in [1.29, 1.82) is 0 Å². The van der Waals surface area contributed by atoms with E-state index in [4.69, 9.17) is 0 Å². The highest BCUT2D eigenvalue weighted by atomic mass is 19.1. The monoisotopic (exact) mass is 262 g/mol. The minimum absolute atomic E-state index is 0.169. The zero-order valence-electron chi connectivity index (χ0n) is 11.4. The molecule has 0 saturated heterocycles. The van der Waals surface area contributed by atoms with E-state index in [2.05, 4.69) is 10.2 Å². The van der Waals surface area contributed by atoms with Gasteiger partial charge in [-0.05, 0) is 55.7 Å². The number of anilines is 1. The maximum Gasteiger partial charge on any atom is 0.125 e. The first-order valence-electron chi connectivity index (χ1n) is 7.51. The molecule has 0 aromatic heterocycles. The number of nitrogens with one attached hydrogen (secondary N) is 1. The summed E-state index contributed by atoms with van der Waals surface area (Å²) in [5.41, 5.74) is 0.887. The van der Waals surface area contributed by atoms with Crippen LogP contribution in [-0.2, 0) is 0 Å². The summed E-state index contributed by atoms with van der Waals surface area (Å²) in [7, 11) is 0. The Hall–Kier alpha value is -1.09. The molecule has 1 N–H and O–H groups in total. The topological polar surface area (TPSA) is 15.3 Å². The van der Waals surface area contributed by atoms with Crippen LogP contribution in [0.3, 0.4) is 0 Å². The lowest BCUT2D eigenvalue weighted by atomic mass is 10.3. The van der Waals surface area contributed by atoms with E-state index >= 15 is 0 Å². The van der Waals surface area contributed by atoms with Crippen molar-refractivity contribution in [3.8, 4) is 0 Å². The van der Waals surface area contributed by atoms with E-state index in [1.54, 1.807) is 12.1 Å². The van der Waals surface area contributed by atoms with Gasteiger partial charge < -0.3 is 10.2 Å². The summed E-state index contributed by atoms with van der Waals surface area (Å²) < 4.78 is 13.1. The first kappa shape index (κ1) is 12.9. The zero-order chi connectivity index (χ0) is 13.1. The quantitative estimate of drug-likeness (QED) is 0.773. The minimum Gasteiger partial charge on any atom is -0.384 e. The summed E-state index contributed by atoms with van der Waals surface area (Å²) in [5.74, 6) is 1.73. The largest absolute Gasteiger partial charge is 0.384 e. The molecular formula is C16H23FN2. The van der Waals surface area contributed by atoms with Gasteiger partial charge in [-0.2, -0.15) is 0 Å². The van der Waals surface area contributed by atoms with Gasteiger partial charge in [0.1, 0.15) is 5.82 Å². The molecule has 2 saturated carbocycles. The molecule has 3 heteroatoms. The van der Waals surface area contributed by atoms with Gasteiger partial charge in [0.2, 0.25) is 0 Å². The van der Waals surface area contributed by atoms with E-state index < -0.39 is 0 Å². The standard InChI is InChI=1S/C16H23FN2/c17-15-2-1-3-16(10-15)18-8-9-19(11-13-4-5-13)12-14-6-7-14/h1-3,10,13-14,18H,4-9,11-12H2. The molecule has 0 atom stereocenters. The van der Waals surface area contributed by atoms with E-state index in [1.165, 1.54) is 44.8 Å². The second-order valence-electron chi connectivity index (χ2n) is 6.08. The molecule has 0 unspecified atom stereocenters. The summed E-state index contributed by atoms with van der Waals surface area (Å²) in [5, 5.41) is 3.32. The number of halogens is 1. The Morgan fingerprint density at radius 3 is 2.37 bits per heavy atom. The lowest BCUT2D eigenvalue weighted by molar-refractivity contribution is 0.262. The number of hydrogen-bond acceptors (Lipinski definition) is 2. The number of benzene rings is 1. The molecule has 0 bridgehead atoms. The lowest BCUT2D eigenvalue weighted by Gasteiger charge is -2.22. The maximum absolute atomic E-state index is 13.1. The molecule has 0 amide bonds. The molecule has 2 nitrogen and oxygen atoms in total. The SMILES string of the molecule is Fc1cccc(NCCN(CC2CC2)CC2CC2)c1. The molecule has 0 spiro atoms. The van der Waals surface area contributed by atoms with E-state index in [9.17, 15) is 4.39 Å². The average molecular weight is 262 g/mol. The molecule has 2 aliphatic carbocycles. The molecule has 2 fully saturated rings. The van der Waals surface area contributed by atoms with Crippen LogP contribution in [-0.4, -0.2) is 31.1 Å². The second-order valence-corrected chi connectivity index (χ2v) is 6.08. The van der Waals surface area contributed by atoms with Crippen LogP contribution in [0.25, 0.3) is 0 Å².